The second-order valence-electron chi connectivity index (χ2n) is 10.6. The number of para-hydroxylation sites is 1. The van der Waals surface area contributed by atoms with Crippen LogP contribution in [0, 0.1) is 0 Å². The summed E-state index contributed by atoms with van der Waals surface area (Å²) in [4.78, 5) is 0. The largest absolute Gasteiger partial charge is 0.456 e. The third-order valence-electron chi connectivity index (χ3n) is 8.34. The highest BCUT2D eigenvalue weighted by molar-refractivity contribution is 6.14. The highest BCUT2D eigenvalue weighted by Crippen LogP contribution is 2.47. The number of ether oxygens (including phenoxy) is 1. The molecule has 2 heterocycles. The molecule has 0 atom stereocenters. The molecule has 40 heavy (non-hydrogen) atoms. The van der Waals surface area contributed by atoms with Crippen LogP contribution in [0.5, 0.6) is 11.5 Å². The fourth-order valence-corrected chi connectivity index (χ4v) is 6.48. The molecule has 0 amide bonds. The maximum atomic E-state index is 6.36. The van der Waals surface area contributed by atoms with Gasteiger partial charge in [0.1, 0.15) is 11.5 Å². The Morgan fingerprint density at radius 2 is 1.12 bits per heavy atom. The number of nitrogens with zero attached hydrogens (tertiary/aromatic N) is 1. The molecule has 186 valence electrons. The first-order valence-corrected chi connectivity index (χ1v) is 13.7. The highest BCUT2D eigenvalue weighted by atomic mass is 16.5. The Kier molecular flexibility index (Phi) is 4.36. The molecule has 9 rings (SSSR count). The van der Waals surface area contributed by atoms with Gasteiger partial charge in [0.15, 0.2) is 0 Å². The number of hydrogen-bond donors (Lipinski definition) is 0. The van der Waals surface area contributed by atoms with Crippen molar-refractivity contribution in [1.29, 1.82) is 0 Å². The molecular weight excluding hydrogens is 486 g/mol. The lowest BCUT2D eigenvalue weighted by Gasteiger charge is -2.22. The van der Waals surface area contributed by atoms with Crippen molar-refractivity contribution in [3.05, 3.63) is 140 Å². The van der Waals surface area contributed by atoms with Crippen LogP contribution in [-0.2, 0) is 0 Å². The third-order valence-corrected chi connectivity index (χ3v) is 8.34. The third kappa shape index (κ3) is 3.05. The number of aromatic nitrogens is 1. The first-order chi connectivity index (χ1) is 19.8. The molecule has 0 radical (unpaired) electrons. The summed E-state index contributed by atoms with van der Waals surface area (Å²) in [5, 5.41) is 7.41. The molecule has 1 aromatic heterocycles. The Morgan fingerprint density at radius 3 is 2.00 bits per heavy atom. The predicted molar refractivity (Wildman–Crippen MR) is 167 cm³/mol. The fraction of sp³-hybridized carbons (Fsp3) is 0. The van der Waals surface area contributed by atoms with Crippen LogP contribution in [-0.4, -0.2) is 4.57 Å². The van der Waals surface area contributed by atoms with E-state index in [1.54, 1.807) is 0 Å². The molecule has 0 saturated carbocycles. The number of fused-ring (bicyclic) bond motifs is 6. The average molecular weight is 510 g/mol. The van der Waals surface area contributed by atoms with E-state index >= 15 is 0 Å². The maximum Gasteiger partial charge on any atom is 0.135 e. The van der Waals surface area contributed by atoms with Gasteiger partial charge in [-0.1, -0.05) is 84.9 Å². The van der Waals surface area contributed by atoms with Gasteiger partial charge in [0.25, 0.3) is 0 Å². The number of benzene rings is 7. The van der Waals surface area contributed by atoms with Gasteiger partial charge < -0.3 is 9.30 Å². The van der Waals surface area contributed by atoms with Crippen LogP contribution in [0.3, 0.4) is 0 Å². The van der Waals surface area contributed by atoms with E-state index in [1.165, 1.54) is 65.7 Å². The van der Waals surface area contributed by atoms with Gasteiger partial charge in [-0.2, -0.15) is 0 Å². The van der Waals surface area contributed by atoms with Gasteiger partial charge in [0.05, 0.1) is 11.0 Å². The first kappa shape index (κ1) is 21.6. The van der Waals surface area contributed by atoms with E-state index in [1.807, 2.05) is 0 Å². The van der Waals surface area contributed by atoms with Crippen molar-refractivity contribution in [1.82, 2.24) is 4.57 Å². The smallest absolute Gasteiger partial charge is 0.135 e. The zero-order chi connectivity index (χ0) is 26.2. The fourth-order valence-electron chi connectivity index (χ4n) is 6.48. The molecule has 2 heteroatoms. The first-order valence-electron chi connectivity index (χ1n) is 13.7. The standard InChI is InChI=1S/C38H23NO/c1-2-12-29(13-3-1)39-34-18-16-27(21-31(34)32-20-25-8-4-5-9-26(25)23-35(32)39)28-17-19-36-33(22-28)30-14-6-10-24-11-7-15-37(40-36)38(24)30/h1-23H. The van der Waals surface area contributed by atoms with Gasteiger partial charge in [0, 0.05) is 27.4 Å². The number of rotatable bonds is 2. The molecule has 1 aliphatic heterocycles. The van der Waals surface area contributed by atoms with Gasteiger partial charge in [0.2, 0.25) is 0 Å². The second kappa shape index (κ2) is 8.08. The van der Waals surface area contributed by atoms with Gasteiger partial charge in [-0.25, -0.2) is 0 Å². The molecule has 8 aromatic rings. The molecule has 0 spiro atoms. The number of hydrogen-bond acceptors (Lipinski definition) is 1. The SMILES string of the molecule is c1ccc(-n2c3ccc(-c4ccc5c(c4)-c4cccc6cccc(c46)O5)cc3c3cc4ccccc4cc32)cc1. The lowest BCUT2D eigenvalue weighted by atomic mass is 9.92. The summed E-state index contributed by atoms with van der Waals surface area (Å²) < 4.78 is 8.75. The van der Waals surface area contributed by atoms with Crippen molar-refractivity contribution < 1.29 is 4.74 Å². The molecule has 0 aliphatic carbocycles. The Hall–Kier alpha value is -5.34. The Morgan fingerprint density at radius 1 is 0.425 bits per heavy atom. The molecule has 7 aromatic carbocycles. The molecule has 0 fully saturated rings. The minimum atomic E-state index is 0.906. The molecular formula is C38H23NO. The second-order valence-corrected chi connectivity index (χ2v) is 10.6. The predicted octanol–water partition coefficient (Wildman–Crippen LogP) is 10.5. The summed E-state index contributed by atoms with van der Waals surface area (Å²) in [5.74, 6) is 1.83. The van der Waals surface area contributed by atoms with Crippen LogP contribution < -0.4 is 4.74 Å². The molecule has 0 bridgehead atoms. The minimum absolute atomic E-state index is 0.906. The van der Waals surface area contributed by atoms with Crippen molar-refractivity contribution in [3.8, 4) is 39.4 Å². The maximum absolute atomic E-state index is 6.36. The van der Waals surface area contributed by atoms with E-state index in [4.69, 9.17) is 4.74 Å². The summed E-state index contributed by atoms with van der Waals surface area (Å²) in [6.45, 7) is 0. The van der Waals surface area contributed by atoms with Crippen LogP contribution in [0.25, 0.3) is 71.3 Å². The molecule has 1 aliphatic rings. The molecule has 0 unspecified atom stereocenters. The summed E-state index contributed by atoms with van der Waals surface area (Å²) >= 11 is 0. The zero-order valence-corrected chi connectivity index (χ0v) is 21.6. The zero-order valence-electron chi connectivity index (χ0n) is 21.6. The average Bonchev–Trinajstić information content (AvgIpc) is 3.33. The van der Waals surface area contributed by atoms with E-state index in [0.29, 0.717) is 0 Å². The minimum Gasteiger partial charge on any atom is -0.456 e. The monoisotopic (exact) mass is 509 g/mol. The molecule has 0 saturated heterocycles. The van der Waals surface area contributed by atoms with Crippen LogP contribution in [0.2, 0.25) is 0 Å². The lowest BCUT2D eigenvalue weighted by Crippen LogP contribution is -1.97. The van der Waals surface area contributed by atoms with E-state index in [-0.39, 0.29) is 0 Å². The van der Waals surface area contributed by atoms with Crippen LogP contribution in [0.15, 0.2) is 140 Å². The van der Waals surface area contributed by atoms with Gasteiger partial charge >= 0.3 is 0 Å². The lowest BCUT2D eigenvalue weighted by molar-refractivity contribution is 0.487. The quantitative estimate of drug-likeness (QED) is 0.226. The molecule has 0 N–H and O–H groups in total. The highest BCUT2D eigenvalue weighted by Gasteiger charge is 2.21. The van der Waals surface area contributed by atoms with E-state index < -0.39 is 0 Å². The normalized spacial score (nSPS) is 12.2. The summed E-state index contributed by atoms with van der Waals surface area (Å²) in [5.41, 5.74) is 8.34. The van der Waals surface area contributed by atoms with Crippen LogP contribution in [0.4, 0.5) is 0 Å². The summed E-state index contributed by atoms with van der Waals surface area (Å²) in [7, 11) is 0. The van der Waals surface area contributed by atoms with Gasteiger partial charge in [-0.3, -0.25) is 0 Å². The summed E-state index contributed by atoms with van der Waals surface area (Å²) in [6, 6.07) is 50.2. The molecule has 2 nitrogen and oxygen atoms in total. The van der Waals surface area contributed by atoms with Crippen LogP contribution in [0.1, 0.15) is 0 Å². The van der Waals surface area contributed by atoms with Crippen molar-refractivity contribution in [2.45, 2.75) is 0 Å². The van der Waals surface area contributed by atoms with Gasteiger partial charge in [-0.05, 0) is 87.4 Å². The van der Waals surface area contributed by atoms with Crippen molar-refractivity contribution in [2.24, 2.45) is 0 Å². The summed E-state index contributed by atoms with van der Waals surface area (Å²) in [6.07, 6.45) is 0. The van der Waals surface area contributed by atoms with E-state index in [0.717, 1.165) is 17.1 Å². The Labute approximate surface area is 231 Å². The Bertz CT molecular complexity index is 2290. The van der Waals surface area contributed by atoms with E-state index in [2.05, 4.69) is 144 Å². The van der Waals surface area contributed by atoms with E-state index in [9.17, 15) is 0 Å². The van der Waals surface area contributed by atoms with Crippen LogP contribution >= 0.6 is 0 Å². The topological polar surface area (TPSA) is 14.2 Å². The Balaban J connectivity index is 1.29. The van der Waals surface area contributed by atoms with Gasteiger partial charge in [-0.15, -0.1) is 0 Å². The van der Waals surface area contributed by atoms with Crippen molar-refractivity contribution in [2.75, 3.05) is 0 Å². The van der Waals surface area contributed by atoms with Crippen molar-refractivity contribution in [3.63, 3.8) is 0 Å². The van der Waals surface area contributed by atoms with Crippen molar-refractivity contribution >= 4 is 43.4 Å².